The summed E-state index contributed by atoms with van der Waals surface area (Å²) >= 11 is 8.51. The first-order valence-corrected chi connectivity index (χ1v) is 11.6. The van der Waals surface area contributed by atoms with Gasteiger partial charge in [-0.15, -0.1) is 0 Å². The number of amides is 1. The number of nitrogens with zero attached hydrogens (tertiary/aromatic N) is 4. The van der Waals surface area contributed by atoms with Crippen molar-refractivity contribution >= 4 is 63.5 Å². The van der Waals surface area contributed by atoms with Crippen molar-refractivity contribution in [3.05, 3.63) is 45.2 Å². The molecule has 2 saturated heterocycles. The molecule has 0 radical (unpaired) electrons. The van der Waals surface area contributed by atoms with Crippen LogP contribution in [0.15, 0.2) is 34.1 Å². The summed E-state index contributed by atoms with van der Waals surface area (Å²) in [5, 5.41) is 0. The lowest BCUT2D eigenvalue weighted by atomic mass is 10.2. The van der Waals surface area contributed by atoms with E-state index in [-0.39, 0.29) is 11.5 Å². The van der Waals surface area contributed by atoms with Gasteiger partial charge in [-0.2, -0.15) is 11.8 Å². The number of fused-ring (bicyclic) bond motifs is 1. The first-order valence-electron chi connectivity index (χ1n) is 9.19. The zero-order chi connectivity index (χ0) is 19.7. The molecule has 0 atom stereocenters. The highest BCUT2D eigenvalue weighted by atomic mass is 32.2. The third kappa shape index (κ3) is 3.58. The van der Waals surface area contributed by atoms with Crippen LogP contribution in [0.1, 0.15) is 18.9 Å². The summed E-state index contributed by atoms with van der Waals surface area (Å²) in [6, 6.07) is 5.50. The first kappa shape index (κ1) is 19.5. The lowest BCUT2D eigenvalue weighted by Crippen LogP contribution is -2.36. The van der Waals surface area contributed by atoms with Crippen LogP contribution in [0, 0.1) is 0 Å². The van der Waals surface area contributed by atoms with Gasteiger partial charge in [-0.3, -0.25) is 18.9 Å². The Balaban J connectivity index is 1.85. The van der Waals surface area contributed by atoms with Crippen molar-refractivity contribution in [1.29, 1.82) is 0 Å². The second kappa shape index (κ2) is 8.26. The lowest BCUT2D eigenvalue weighted by Gasteiger charge is -2.28. The van der Waals surface area contributed by atoms with Gasteiger partial charge in [0.2, 0.25) is 0 Å². The van der Waals surface area contributed by atoms with E-state index < -0.39 is 0 Å². The Bertz CT molecular complexity index is 1030. The second-order valence-corrected chi connectivity index (χ2v) is 9.42. The molecule has 0 bridgehead atoms. The van der Waals surface area contributed by atoms with Crippen LogP contribution in [0.5, 0.6) is 0 Å². The summed E-state index contributed by atoms with van der Waals surface area (Å²) in [6.45, 7) is 4.26. The molecule has 0 aromatic carbocycles. The molecule has 9 heteroatoms. The van der Waals surface area contributed by atoms with E-state index in [1.165, 1.54) is 16.2 Å². The van der Waals surface area contributed by atoms with Crippen molar-refractivity contribution in [3.63, 3.8) is 0 Å². The van der Waals surface area contributed by atoms with Gasteiger partial charge in [-0.05, 0) is 24.6 Å². The minimum absolute atomic E-state index is 0.130. The predicted octanol–water partition coefficient (Wildman–Crippen LogP) is 2.86. The number of hydrogen-bond acceptors (Lipinski definition) is 7. The largest absolute Gasteiger partial charge is 0.354 e. The number of rotatable bonds is 4. The van der Waals surface area contributed by atoms with Gasteiger partial charge < -0.3 is 4.90 Å². The minimum Gasteiger partial charge on any atom is -0.354 e. The molecule has 6 nitrogen and oxygen atoms in total. The average Bonchev–Trinajstić information content (AvgIpc) is 2.98. The van der Waals surface area contributed by atoms with Crippen molar-refractivity contribution in [2.45, 2.75) is 13.3 Å². The van der Waals surface area contributed by atoms with E-state index in [1.807, 2.05) is 30.8 Å². The normalized spacial score (nSPS) is 19.2. The molecule has 0 unspecified atom stereocenters. The van der Waals surface area contributed by atoms with E-state index in [0.717, 1.165) is 31.0 Å². The zero-order valence-electron chi connectivity index (χ0n) is 15.5. The Labute approximate surface area is 177 Å². The van der Waals surface area contributed by atoms with Crippen LogP contribution in [0.3, 0.4) is 0 Å². The number of aromatic nitrogens is 2. The summed E-state index contributed by atoms with van der Waals surface area (Å²) in [5.41, 5.74) is 0.892. The molecule has 2 fully saturated rings. The maximum absolute atomic E-state index is 13.3. The van der Waals surface area contributed by atoms with Gasteiger partial charge in [-0.1, -0.05) is 37.0 Å². The Hall–Kier alpha value is -1.84. The fraction of sp³-hybridized carbons (Fsp3) is 0.368. The Morgan fingerprint density at radius 1 is 1.25 bits per heavy atom. The Morgan fingerprint density at radius 3 is 2.79 bits per heavy atom. The van der Waals surface area contributed by atoms with Gasteiger partial charge in [0.25, 0.3) is 11.5 Å². The topological polar surface area (TPSA) is 57.9 Å². The highest BCUT2D eigenvalue weighted by Crippen LogP contribution is 2.33. The zero-order valence-corrected chi connectivity index (χ0v) is 17.9. The van der Waals surface area contributed by atoms with Gasteiger partial charge >= 0.3 is 0 Å². The molecule has 2 aromatic heterocycles. The van der Waals surface area contributed by atoms with E-state index in [1.54, 1.807) is 23.2 Å². The molecular formula is C19H20N4O2S3. The molecule has 0 spiro atoms. The Morgan fingerprint density at radius 2 is 2.04 bits per heavy atom. The minimum atomic E-state index is -0.167. The lowest BCUT2D eigenvalue weighted by molar-refractivity contribution is -0.122. The summed E-state index contributed by atoms with van der Waals surface area (Å²) in [7, 11) is 0. The smallest absolute Gasteiger partial charge is 0.267 e. The fourth-order valence-electron chi connectivity index (χ4n) is 3.28. The molecular weight excluding hydrogens is 412 g/mol. The molecule has 0 N–H and O–H groups in total. The van der Waals surface area contributed by atoms with Crippen molar-refractivity contribution in [3.8, 4) is 0 Å². The number of anilines is 1. The summed E-state index contributed by atoms with van der Waals surface area (Å²) in [5.74, 6) is 2.51. The molecule has 4 rings (SSSR count). The fourth-order valence-corrected chi connectivity index (χ4v) is 5.47. The number of hydrogen-bond donors (Lipinski definition) is 0. The van der Waals surface area contributed by atoms with Gasteiger partial charge in [0.1, 0.15) is 15.8 Å². The van der Waals surface area contributed by atoms with Crippen LogP contribution in [-0.2, 0) is 4.79 Å². The molecule has 2 aliphatic rings. The van der Waals surface area contributed by atoms with Gasteiger partial charge in [0.15, 0.2) is 0 Å². The third-order valence-electron chi connectivity index (χ3n) is 4.66. The van der Waals surface area contributed by atoms with Crippen molar-refractivity contribution in [2.75, 3.05) is 36.0 Å². The number of pyridine rings is 1. The van der Waals surface area contributed by atoms with Crippen molar-refractivity contribution < 1.29 is 4.79 Å². The molecule has 1 amide bonds. The summed E-state index contributed by atoms with van der Waals surface area (Å²) in [4.78, 5) is 35.0. The standard InChI is InChI=1S/C19H20N4O2S3/c1-2-6-23-18(25)14(28-19(23)26)12-13-16(21-8-10-27-11-9-21)20-15-5-3-4-7-22(15)17(13)24/h3-5,7,12H,2,6,8-11H2,1H3/b14-12-. The van der Waals surface area contributed by atoms with Crippen molar-refractivity contribution in [2.24, 2.45) is 0 Å². The van der Waals surface area contributed by atoms with Gasteiger partial charge in [-0.25, -0.2) is 4.98 Å². The van der Waals surface area contributed by atoms with Crippen LogP contribution >= 0.6 is 35.7 Å². The van der Waals surface area contributed by atoms with E-state index in [9.17, 15) is 9.59 Å². The highest BCUT2D eigenvalue weighted by molar-refractivity contribution is 8.26. The number of thioether (sulfide) groups is 2. The van der Waals surface area contributed by atoms with Crippen LogP contribution in [0.25, 0.3) is 11.7 Å². The molecule has 28 heavy (non-hydrogen) atoms. The molecule has 146 valence electrons. The van der Waals surface area contributed by atoms with Crippen LogP contribution in [0.4, 0.5) is 5.82 Å². The van der Waals surface area contributed by atoms with Gasteiger partial charge in [0.05, 0.1) is 10.5 Å². The average molecular weight is 433 g/mol. The monoisotopic (exact) mass is 432 g/mol. The summed E-state index contributed by atoms with van der Waals surface area (Å²) < 4.78 is 2.07. The van der Waals surface area contributed by atoms with E-state index in [2.05, 4.69) is 4.90 Å². The van der Waals surface area contributed by atoms with E-state index >= 15 is 0 Å². The molecule has 0 saturated carbocycles. The molecule has 2 aromatic rings. The van der Waals surface area contributed by atoms with Crippen LogP contribution < -0.4 is 10.5 Å². The second-order valence-electron chi connectivity index (χ2n) is 6.52. The third-order valence-corrected chi connectivity index (χ3v) is 6.98. The summed E-state index contributed by atoms with van der Waals surface area (Å²) in [6.07, 6.45) is 4.22. The number of carbonyl (C=O) groups excluding carboxylic acids is 1. The Kier molecular flexibility index (Phi) is 5.75. The molecule has 0 aliphatic carbocycles. The maximum Gasteiger partial charge on any atom is 0.267 e. The predicted molar refractivity (Wildman–Crippen MR) is 121 cm³/mol. The van der Waals surface area contributed by atoms with Gasteiger partial charge in [0, 0.05) is 37.3 Å². The SMILES string of the molecule is CCCN1C(=O)/C(=C/c2c(N3CCSCC3)nc3ccccn3c2=O)SC1=S. The first-order chi connectivity index (χ1) is 13.6. The molecule has 2 aliphatic heterocycles. The van der Waals surface area contributed by atoms with E-state index in [0.29, 0.717) is 32.8 Å². The van der Waals surface area contributed by atoms with Crippen LogP contribution in [-0.4, -0.2) is 55.7 Å². The number of thiocarbonyl (C=S) groups is 1. The number of carbonyl (C=O) groups is 1. The molecule has 4 heterocycles. The van der Waals surface area contributed by atoms with E-state index in [4.69, 9.17) is 17.2 Å². The maximum atomic E-state index is 13.3. The quantitative estimate of drug-likeness (QED) is 0.544. The van der Waals surface area contributed by atoms with Crippen molar-refractivity contribution in [1.82, 2.24) is 14.3 Å². The van der Waals surface area contributed by atoms with Crippen LogP contribution in [0.2, 0.25) is 0 Å². The highest BCUT2D eigenvalue weighted by Gasteiger charge is 2.32.